The highest BCUT2D eigenvalue weighted by molar-refractivity contribution is 5.65. The number of rotatable bonds is 6. The van der Waals surface area contributed by atoms with Crippen LogP contribution in [0.25, 0.3) is 11.3 Å². The second-order valence-corrected chi connectivity index (χ2v) is 9.67. The topological polar surface area (TPSA) is 89.6 Å². The Morgan fingerprint density at radius 1 is 1.14 bits per heavy atom. The van der Waals surface area contributed by atoms with Crippen LogP contribution in [-0.2, 0) is 4.74 Å². The molecule has 4 heterocycles. The van der Waals surface area contributed by atoms with E-state index in [9.17, 15) is 13.2 Å². The van der Waals surface area contributed by atoms with E-state index in [0.717, 1.165) is 51.3 Å². The van der Waals surface area contributed by atoms with Gasteiger partial charge < -0.3 is 20.1 Å². The second kappa shape index (κ2) is 10.1. The van der Waals surface area contributed by atoms with E-state index in [-0.39, 0.29) is 29.9 Å². The van der Waals surface area contributed by atoms with E-state index in [1.807, 2.05) is 17.9 Å². The summed E-state index contributed by atoms with van der Waals surface area (Å²) in [5.41, 5.74) is 7.63. The van der Waals surface area contributed by atoms with Crippen LogP contribution in [0.4, 0.5) is 24.9 Å². The van der Waals surface area contributed by atoms with Gasteiger partial charge in [-0.2, -0.15) is 8.78 Å². The summed E-state index contributed by atoms with van der Waals surface area (Å²) in [5, 5.41) is 0. The summed E-state index contributed by atoms with van der Waals surface area (Å²) in [6.07, 6.45) is 3.56. The van der Waals surface area contributed by atoms with Gasteiger partial charge >= 0.3 is 6.61 Å². The van der Waals surface area contributed by atoms with Gasteiger partial charge in [-0.15, -0.1) is 0 Å². The molecule has 2 N–H and O–H groups in total. The van der Waals surface area contributed by atoms with Crippen LogP contribution in [0.5, 0.6) is 5.75 Å². The van der Waals surface area contributed by atoms with Gasteiger partial charge in [-0.25, -0.2) is 19.3 Å². The number of hydrogen-bond donors (Lipinski definition) is 1. The molecule has 3 fully saturated rings. The molecule has 0 bridgehead atoms. The Hall–Kier alpha value is -2.66. The van der Waals surface area contributed by atoms with Gasteiger partial charge in [-0.05, 0) is 31.4 Å². The van der Waals surface area contributed by atoms with Crippen LogP contribution in [0.1, 0.15) is 37.8 Å². The summed E-state index contributed by atoms with van der Waals surface area (Å²) in [5.74, 6) is 0.232. The molecule has 5 rings (SSSR count). The van der Waals surface area contributed by atoms with Crippen LogP contribution in [0, 0.1) is 5.92 Å². The SMILES string of the molecule is C[C@H]1CN(c2nc(-c3cnc(N)c(OC(F)F)c3)cc(C3CCC(N4CCOCC4)C3)n2)C[C@H]1F. The van der Waals surface area contributed by atoms with Crippen molar-refractivity contribution in [2.24, 2.45) is 5.92 Å². The van der Waals surface area contributed by atoms with Gasteiger partial charge in [0.2, 0.25) is 5.95 Å². The van der Waals surface area contributed by atoms with Gasteiger partial charge in [0.15, 0.2) is 11.6 Å². The lowest BCUT2D eigenvalue weighted by Crippen LogP contribution is -2.42. The molecule has 2 aliphatic heterocycles. The molecule has 11 heteroatoms. The Bertz CT molecular complexity index is 1030. The molecule has 8 nitrogen and oxygen atoms in total. The fourth-order valence-corrected chi connectivity index (χ4v) is 5.33. The molecule has 4 atom stereocenters. The van der Waals surface area contributed by atoms with E-state index in [4.69, 9.17) is 15.5 Å². The molecule has 0 aromatic carbocycles. The number of pyridine rings is 1. The molecule has 3 aliphatic rings. The fourth-order valence-electron chi connectivity index (χ4n) is 5.33. The molecule has 0 amide bonds. The number of nitrogens with two attached hydrogens (primary N) is 1. The third kappa shape index (κ3) is 5.30. The van der Waals surface area contributed by atoms with E-state index >= 15 is 0 Å². The van der Waals surface area contributed by atoms with Crippen molar-refractivity contribution in [1.82, 2.24) is 19.9 Å². The highest BCUT2D eigenvalue weighted by Crippen LogP contribution is 2.39. The maximum Gasteiger partial charge on any atom is 0.387 e. The highest BCUT2D eigenvalue weighted by Gasteiger charge is 2.34. The monoisotopic (exact) mass is 492 g/mol. The third-order valence-corrected chi connectivity index (χ3v) is 7.32. The molecule has 0 spiro atoms. The number of nitrogens with zero attached hydrogens (tertiary/aromatic N) is 5. The maximum absolute atomic E-state index is 14.3. The number of nitrogen functional groups attached to an aromatic ring is 1. The summed E-state index contributed by atoms with van der Waals surface area (Å²) in [7, 11) is 0. The van der Waals surface area contributed by atoms with Crippen molar-refractivity contribution in [2.75, 3.05) is 50.0 Å². The predicted octanol–water partition coefficient (Wildman–Crippen LogP) is 3.48. The Balaban J connectivity index is 1.47. The lowest BCUT2D eigenvalue weighted by atomic mass is 10.0. The summed E-state index contributed by atoms with van der Waals surface area (Å²) < 4.78 is 50.1. The molecule has 2 aromatic heterocycles. The number of ether oxygens (including phenoxy) is 2. The normalized spacial score (nSPS) is 27.6. The van der Waals surface area contributed by atoms with Crippen molar-refractivity contribution in [1.29, 1.82) is 0 Å². The predicted molar refractivity (Wildman–Crippen MR) is 125 cm³/mol. The van der Waals surface area contributed by atoms with Crippen LogP contribution >= 0.6 is 0 Å². The van der Waals surface area contributed by atoms with Gasteiger partial charge in [-0.3, -0.25) is 4.90 Å². The smallest absolute Gasteiger partial charge is 0.387 e. The van der Waals surface area contributed by atoms with Crippen molar-refractivity contribution < 1.29 is 22.6 Å². The van der Waals surface area contributed by atoms with Crippen molar-refractivity contribution in [3.63, 3.8) is 0 Å². The van der Waals surface area contributed by atoms with E-state index in [2.05, 4.69) is 19.6 Å². The first-order valence-electron chi connectivity index (χ1n) is 12.2. The molecule has 190 valence electrons. The van der Waals surface area contributed by atoms with Crippen molar-refractivity contribution >= 4 is 11.8 Å². The van der Waals surface area contributed by atoms with Crippen LogP contribution in [0.2, 0.25) is 0 Å². The molecule has 1 saturated carbocycles. The van der Waals surface area contributed by atoms with E-state index in [1.54, 1.807) is 0 Å². The lowest BCUT2D eigenvalue weighted by molar-refractivity contribution is -0.0494. The summed E-state index contributed by atoms with van der Waals surface area (Å²) in [6, 6.07) is 3.78. The summed E-state index contributed by atoms with van der Waals surface area (Å²) >= 11 is 0. The average molecular weight is 493 g/mol. The van der Waals surface area contributed by atoms with Gasteiger partial charge in [-0.1, -0.05) is 6.92 Å². The summed E-state index contributed by atoms with van der Waals surface area (Å²) in [6.45, 7) is 2.99. The standard InChI is InChI=1S/C24H31F3N6O2/c1-14-12-33(13-18(14)25)24-30-19(15-2-3-17(8-15)32-4-6-34-7-5-32)10-20(31-24)16-9-21(35-23(26)27)22(28)29-11-16/h9-11,14-15,17-18,23H,2-8,12-13H2,1H3,(H2,28,29)/t14-,15?,17?,18+/m0/s1. The molecule has 2 saturated heterocycles. The Morgan fingerprint density at radius 3 is 2.66 bits per heavy atom. The minimum Gasteiger partial charge on any atom is -0.431 e. The first kappa shape index (κ1) is 24.1. The molecule has 1 aliphatic carbocycles. The van der Waals surface area contributed by atoms with Gasteiger partial charge in [0, 0.05) is 55.0 Å². The number of anilines is 2. The zero-order valence-electron chi connectivity index (χ0n) is 19.7. The third-order valence-electron chi connectivity index (χ3n) is 7.32. The Morgan fingerprint density at radius 2 is 1.94 bits per heavy atom. The lowest BCUT2D eigenvalue weighted by Gasteiger charge is -2.32. The van der Waals surface area contributed by atoms with Crippen LogP contribution in [0.3, 0.4) is 0 Å². The number of morpholine rings is 1. The fraction of sp³-hybridized carbons (Fsp3) is 0.625. The van der Waals surface area contributed by atoms with Gasteiger partial charge in [0.05, 0.1) is 25.5 Å². The zero-order valence-corrected chi connectivity index (χ0v) is 19.7. The summed E-state index contributed by atoms with van der Waals surface area (Å²) in [4.78, 5) is 17.9. The molecule has 2 unspecified atom stereocenters. The van der Waals surface area contributed by atoms with Crippen LogP contribution < -0.4 is 15.4 Å². The maximum atomic E-state index is 14.3. The van der Waals surface area contributed by atoms with Crippen molar-refractivity contribution in [3.05, 3.63) is 24.0 Å². The zero-order chi connectivity index (χ0) is 24.5. The molecule has 35 heavy (non-hydrogen) atoms. The average Bonchev–Trinajstić information content (AvgIpc) is 3.48. The molecule has 0 radical (unpaired) electrons. The first-order chi connectivity index (χ1) is 16.9. The van der Waals surface area contributed by atoms with Crippen LogP contribution in [-0.4, -0.2) is 78.1 Å². The molecular weight excluding hydrogens is 461 g/mol. The number of alkyl halides is 3. The van der Waals surface area contributed by atoms with Gasteiger partial charge in [0.1, 0.15) is 6.17 Å². The number of hydrogen-bond acceptors (Lipinski definition) is 8. The minimum atomic E-state index is -3.02. The second-order valence-electron chi connectivity index (χ2n) is 9.67. The number of aromatic nitrogens is 3. The minimum absolute atomic E-state index is 0.118. The van der Waals surface area contributed by atoms with Crippen molar-refractivity contribution in [3.8, 4) is 17.0 Å². The quantitative estimate of drug-likeness (QED) is 0.656. The largest absolute Gasteiger partial charge is 0.431 e. The highest BCUT2D eigenvalue weighted by atomic mass is 19.3. The number of halogens is 3. The van der Waals surface area contributed by atoms with E-state index in [0.29, 0.717) is 29.8 Å². The molecular formula is C24H31F3N6O2. The van der Waals surface area contributed by atoms with E-state index < -0.39 is 12.8 Å². The Labute approximate surface area is 202 Å². The molecule has 2 aromatic rings. The first-order valence-corrected chi connectivity index (χ1v) is 12.2. The van der Waals surface area contributed by atoms with Gasteiger partial charge in [0.25, 0.3) is 0 Å². The van der Waals surface area contributed by atoms with Crippen molar-refractivity contribution in [2.45, 2.75) is 50.9 Å². The Kier molecular flexibility index (Phi) is 6.97. The van der Waals surface area contributed by atoms with E-state index in [1.165, 1.54) is 12.3 Å². The van der Waals surface area contributed by atoms with Crippen LogP contribution in [0.15, 0.2) is 18.3 Å².